The summed E-state index contributed by atoms with van der Waals surface area (Å²) in [6, 6.07) is 13.4. The zero-order valence-corrected chi connectivity index (χ0v) is 15.1. The molecule has 4 rings (SSSR count). The highest BCUT2D eigenvalue weighted by Crippen LogP contribution is 2.31. The van der Waals surface area contributed by atoms with Crippen molar-refractivity contribution in [3.63, 3.8) is 0 Å². The van der Waals surface area contributed by atoms with Crippen LogP contribution in [-0.2, 0) is 0 Å². The first-order valence-electron chi connectivity index (χ1n) is 8.63. The van der Waals surface area contributed by atoms with Gasteiger partial charge in [-0.15, -0.1) is 0 Å². The van der Waals surface area contributed by atoms with E-state index in [1.54, 1.807) is 30.3 Å². The molecule has 0 saturated carbocycles. The van der Waals surface area contributed by atoms with Crippen LogP contribution < -0.4 is 4.74 Å². The van der Waals surface area contributed by atoms with E-state index in [-0.39, 0.29) is 11.5 Å². The van der Waals surface area contributed by atoms with E-state index in [0.717, 1.165) is 0 Å². The Hall–Kier alpha value is -3.68. The number of halogens is 3. The molecule has 0 spiro atoms. The Morgan fingerprint density at radius 3 is 2.55 bits per heavy atom. The highest BCUT2D eigenvalue weighted by molar-refractivity contribution is 5.99. The van der Waals surface area contributed by atoms with Crippen LogP contribution in [-0.4, -0.2) is 27.2 Å². The largest absolute Gasteiger partial charge is 0.435 e. The molecule has 0 radical (unpaired) electrons. The standard InChI is InChI=1S/C21H14F3N3O2/c1-12(28)14-10-18-20(25-11-14)19(13-3-2-4-17(9-13)29-21(23)24)26-27(18)16-7-5-15(22)6-8-16/h2-11,21H,1H3. The lowest BCUT2D eigenvalue weighted by atomic mass is 10.1. The number of hydrogen-bond donors (Lipinski definition) is 0. The van der Waals surface area contributed by atoms with Gasteiger partial charge >= 0.3 is 6.61 Å². The Labute approximate surface area is 163 Å². The summed E-state index contributed by atoms with van der Waals surface area (Å²) in [7, 11) is 0. The summed E-state index contributed by atoms with van der Waals surface area (Å²) in [6.07, 6.45) is 1.43. The fraction of sp³-hybridized carbons (Fsp3) is 0.0952. The number of fused-ring (bicyclic) bond motifs is 1. The Balaban J connectivity index is 1.93. The van der Waals surface area contributed by atoms with Gasteiger partial charge in [0.2, 0.25) is 0 Å². The van der Waals surface area contributed by atoms with E-state index in [0.29, 0.717) is 33.5 Å². The third kappa shape index (κ3) is 3.69. The van der Waals surface area contributed by atoms with Crippen molar-refractivity contribution >= 4 is 16.8 Å². The maximum absolute atomic E-state index is 13.3. The molecule has 8 heteroatoms. The predicted molar refractivity (Wildman–Crippen MR) is 101 cm³/mol. The number of ketones is 1. The molecule has 0 saturated heterocycles. The van der Waals surface area contributed by atoms with Gasteiger partial charge in [0.25, 0.3) is 0 Å². The zero-order valence-electron chi connectivity index (χ0n) is 15.1. The lowest BCUT2D eigenvalue weighted by Gasteiger charge is -2.05. The number of nitrogens with zero attached hydrogens (tertiary/aromatic N) is 3. The number of hydrogen-bond acceptors (Lipinski definition) is 4. The van der Waals surface area contributed by atoms with E-state index >= 15 is 0 Å². The molecule has 4 aromatic rings. The van der Waals surface area contributed by atoms with E-state index in [1.165, 1.54) is 42.1 Å². The van der Waals surface area contributed by atoms with Gasteiger partial charge in [0.1, 0.15) is 22.8 Å². The van der Waals surface area contributed by atoms with Crippen molar-refractivity contribution in [1.82, 2.24) is 14.8 Å². The number of carbonyl (C=O) groups excluding carboxylic acids is 1. The molecular formula is C21H14F3N3O2. The minimum Gasteiger partial charge on any atom is -0.435 e. The van der Waals surface area contributed by atoms with Gasteiger partial charge in [0.05, 0.1) is 11.2 Å². The van der Waals surface area contributed by atoms with Crippen LogP contribution in [0.2, 0.25) is 0 Å². The number of carbonyl (C=O) groups is 1. The minimum atomic E-state index is -2.95. The second-order valence-corrected chi connectivity index (χ2v) is 6.29. The predicted octanol–water partition coefficient (Wildman–Crippen LogP) is 5.03. The van der Waals surface area contributed by atoms with E-state index in [4.69, 9.17) is 0 Å². The molecule has 5 nitrogen and oxygen atoms in total. The molecule has 146 valence electrons. The number of ether oxygens (including phenoxy) is 1. The Morgan fingerprint density at radius 2 is 1.86 bits per heavy atom. The summed E-state index contributed by atoms with van der Waals surface area (Å²) in [5, 5.41) is 4.56. The van der Waals surface area contributed by atoms with Crippen LogP contribution in [0.3, 0.4) is 0 Å². The number of pyridine rings is 1. The average molecular weight is 397 g/mol. The minimum absolute atomic E-state index is 0.0117. The van der Waals surface area contributed by atoms with Crippen molar-refractivity contribution in [2.75, 3.05) is 0 Å². The number of Topliss-reactive ketones (excluding diaryl/α,β-unsaturated/α-hetero) is 1. The first kappa shape index (κ1) is 18.7. The van der Waals surface area contributed by atoms with Crippen molar-refractivity contribution < 1.29 is 22.7 Å². The lowest BCUT2D eigenvalue weighted by Crippen LogP contribution is -2.01. The molecule has 2 aromatic carbocycles. The zero-order chi connectivity index (χ0) is 20.5. The second kappa shape index (κ2) is 7.38. The lowest BCUT2D eigenvalue weighted by molar-refractivity contribution is -0.0498. The van der Waals surface area contributed by atoms with E-state index in [9.17, 15) is 18.0 Å². The van der Waals surface area contributed by atoms with Crippen LogP contribution in [0.4, 0.5) is 13.2 Å². The molecule has 0 fully saturated rings. The maximum atomic E-state index is 13.3. The summed E-state index contributed by atoms with van der Waals surface area (Å²) >= 11 is 0. The number of alkyl halides is 2. The number of aromatic nitrogens is 3. The van der Waals surface area contributed by atoms with Crippen molar-refractivity contribution in [2.24, 2.45) is 0 Å². The molecule has 0 aliphatic rings. The molecule has 29 heavy (non-hydrogen) atoms. The fourth-order valence-corrected chi connectivity index (χ4v) is 2.98. The van der Waals surface area contributed by atoms with Crippen LogP contribution in [0.15, 0.2) is 60.8 Å². The van der Waals surface area contributed by atoms with Gasteiger partial charge in [-0.05, 0) is 49.4 Å². The molecule has 0 amide bonds. The van der Waals surface area contributed by atoms with Gasteiger partial charge in [0, 0.05) is 17.3 Å². The monoisotopic (exact) mass is 397 g/mol. The Kier molecular flexibility index (Phi) is 4.75. The highest BCUT2D eigenvalue weighted by atomic mass is 19.3. The first-order chi connectivity index (χ1) is 13.9. The van der Waals surface area contributed by atoms with Gasteiger partial charge in [-0.2, -0.15) is 13.9 Å². The highest BCUT2D eigenvalue weighted by Gasteiger charge is 2.17. The van der Waals surface area contributed by atoms with Crippen LogP contribution in [0.5, 0.6) is 5.75 Å². The Morgan fingerprint density at radius 1 is 1.10 bits per heavy atom. The van der Waals surface area contributed by atoms with Gasteiger partial charge < -0.3 is 4.74 Å². The topological polar surface area (TPSA) is 57.0 Å². The third-order valence-electron chi connectivity index (χ3n) is 4.33. The van der Waals surface area contributed by atoms with Gasteiger partial charge in [-0.3, -0.25) is 9.78 Å². The smallest absolute Gasteiger partial charge is 0.387 e. The van der Waals surface area contributed by atoms with E-state index in [1.807, 2.05) is 0 Å². The van der Waals surface area contributed by atoms with Crippen LogP contribution in [0, 0.1) is 5.82 Å². The molecule has 2 aromatic heterocycles. The SMILES string of the molecule is CC(=O)c1cnc2c(-c3cccc(OC(F)F)c3)nn(-c3ccc(F)cc3)c2c1. The summed E-state index contributed by atoms with van der Waals surface area (Å²) in [5.74, 6) is -0.577. The van der Waals surface area contributed by atoms with Gasteiger partial charge in [-0.25, -0.2) is 9.07 Å². The number of rotatable bonds is 5. The summed E-state index contributed by atoms with van der Waals surface area (Å²) in [5.41, 5.74) is 2.87. The second-order valence-electron chi connectivity index (χ2n) is 6.29. The molecule has 0 aliphatic heterocycles. The third-order valence-corrected chi connectivity index (χ3v) is 4.33. The molecule has 0 unspecified atom stereocenters. The van der Waals surface area contributed by atoms with Crippen molar-refractivity contribution in [3.05, 3.63) is 72.2 Å². The van der Waals surface area contributed by atoms with Gasteiger partial charge in [-0.1, -0.05) is 12.1 Å². The molecule has 2 heterocycles. The molecule has 0 bridgehead atoms. The van der Waals surface area contributed by atoms with Crippen molar-refractivity contribution in [3.8, 4) is 22.7 Å². The maximum Gasteiger partial charge on any atom is 0.387 e. The quantitative estimate of drug-likeness (QED) is 0.443. The Bertz CT molecular complexity index is 1200. The van der Waals surface area contributed by atoms with E-state index < -0.39 is 12.4 Å². The van der Waals surface area contributed by atoms with Crippen molar-refractivity contribution in [1.29, 1.82) is 0 Å². The average Bonchev–Trinajstić information content (AvgIpc) is 3.07. The summed E-state index contributed by atoms with van der Waals surface area (Å²) < 4.78 is 44.5. The number of benzene rings is 2. The summed E-state index contributed by atoms with van der Waals surface area (Å²) in [6.45, 7) is -1.52. The molecule has 0 N–H and O–H groups in total. The molecule has 0 aliphatic carbocycles. The van der Waals surface area contributed by atoms with Crippen LogP contribution >= 0.6 is 0 Å². The molecule has 0 atom stereocenters. The summed E-state index contributed by atoms with van der Waals surface area (Å²) in [4.78, 5) is 16.2. The van der Waals surface area contributed by atoms with E-state index in [2.05, 4.69) is 14.8 Å². The fourth-order valence-electron chi connectivity index (χ4n) is 2.98. The normalized spacial score (nSPS) is 11.2. The van der Waals surface area contributed by atoms with Crippen molar-refractivity contribution in [2.45, 2.75) is 13.5 Å². The van der Waals surface area contributed by atoms with Crippen LogP contribution in [0.25, 0.3) is 28.0 Å². The first-order valence-corrected chi connectivity index (χ1v) is 8.63. The molecular weight excluding hydrogens is 383 g/mol. The van der Waals surface area contributed by atoms with Gasteiger partial charge in [0.15, 0.2) is 5.78 Å². The van der Waals surface area contributed by atoms with Crippen LogP contribution in [0.1, 0.15) is 17.3 Å².